The summed E-state index contributed by atoms with van der Waals surface area (Å²) in [6.07, 6.45) is 3.61. The van der Waals surface area contributed by atoms with Gasteiger partial charge in [0.25, 0.3) is 5.91 Å². The van der Waals surface area contributed by atoms with Crippen LogP contribution in [0.3, 0.4) is 0 Å². The monoisotopic (exact) mass is 318 g/mol. The van der Waals surface area contributed by atoms with Crippen molar-refractivity contribution >= 4 is 17.5 Å². The highest BCUT2D eigenvalue weighted by molar-refractivity contribution is 6.30. The van der Waals surface area contributed by atoms with Gasteiger partial charge in [-0.1, -0.05) is 17.7 Å². The predicted molar refractivity (Wildman–Crippen MR) is 86.4 cm³/mol. The highest BCUT2D eigenvalue weighted by Gasteiger charge is 2.30. The molecule has 0 bridgehead atoms. The van der Waals surface area contributed by atoms with E-state index in [-0.39, 0.29) is 11.9 Å². The van der Waals surface area contributed by atoms with E-state index in [9.17, 15) is 4.79 Å². The number of nitrogens with two attached hydrogens (primary N) is 1. The molecule has 1 fully saturated rings. The van der Waals surface area contributed by atoms with Crippen LogP contribution in [0.25, 0.3) is 5.69 Å². The lowest BCUT2D eigenvalue weighted by atomic mass is 10.2. The summed E-state index contributed by atoms with van der Waals surface area (Å²) in [6, 6.07) is 7.56. The van der Waals surface area contributed by atoms with Crippen molar-refractivity contribution in [3.63, 3.8) is 0 Å². The minimum absolute atomic E-state index is 0.0127. The molecule has 22 heavy (non-hydrogen) atoms. The fraction of sp³-hybridized carbons (Fsp3) is 0.375. The molecule has 0 unspecified atom stereocenters. The Hall–Kier alpha value is -1.85. The number of hydrogen-bond donors (Lipinski definition) is 1. The third-order valence-corrected chi connectivity index (χ3v) is 4.44. The van der Waals surface area contributed by atoms with Crippen molar-refractivity contribution in [1.82, 2.24) is 14.7 Å². The highest BCUT2D eigenvalue weighted by Crippen LogP contribution is 2.23. The second-order valence-electron chi connectivity index (χ2n) is 5.57. The number of amides is 1. The first-order chi connectivity index (χ1) is 10.6. The van der Waals surface area contributed by atoms with Gasteiger partial charge in [0.15, 0.2) is 0 Å². The lowest BCUT2D eigenvalue weighted by Gasteiger charge is -2.23. The molecule has 0 aliphatic carbocycles. The average Bonchev–Trinajstić information content (AvgIpc) is 3.12. The molecule has 2 N–H and O–H groups in total. The maximum Gasteiger partial charge on any atom is 0.257 e. The topological polar surface area (TPSA) is 64.2 Å². The van der Waals surface area contributed by atoms with Gasteiger partial charge >= 0.3 is 0 Å². The molecule has 1 aliphatic heterocycles. The standard InChI is InChI=1S/C16H19ClN4O/c1-11-15(16(22)20-7-3-6-14(20)9-18)10-19-21(11)13-5-2-4-12(17)8-13/h2,4-5,8,10,14H,3,6-7,9,18H2,1H3/t14-/m0/s1. The SMILES string of the molecule is Cc1c(C(=O)N2CCC[C@H]2CN)cnn1-c1cccc(Cl)c1. The molecule has 0 saturated carbocycles. The zero-order valence-electron chi connectivity index (χ0n) is 12.5. The Bertz CT molecular complexity index is 697. The molecule has 1 aromatic carbocycles. The van der Waals surface area contributed by atoms with Crippen LogP contribution in [0.5, 0.6) is 0 Å². The molecule has 6 heteroatoms. The number of nitrogens with zero attached hydrogens (tertiary/aromatic N) is 3. The largest absolute Gasteiger partial charge is 0.334 e. The molecule has 1 amide bonds. The van der Waals surface area contributed by atoms with E-state index >= 15 is 0 Å². The van der Waals surface area contributed by atoms with Crippen molar-refractivity contribution in [1.29, 1.82) is 0 Å². The molecule has 1 atom stereocenters. The van der Waals surface area contributed by atoms with Gasteiger partial charge in [0, 0.05) is 24.2 Å². The van der Waals surface area contributed by atoms with E-state index in [0.717, 1.165) is 30.8 Å². The van der Waals surface area contributed by atoms with Gasteiger partial charge in [0.2, 0.25) is 0 Å². The average molecular weight is 319 g/mol. The summed E-state index contributed by atoms with van der Waals surface area (Å²) < 4.78 is 1.74. The second-order valence-corrected chi connectivity index (χ2v) is 6.00. The molecule has 0 spiro atoms. The number of aromatic nitrogens is 2. The van der Waals surface area contributed by atoms with Crippen molar-refractivity contribution in [2.24, 2.45) is 5.73 Å². The predicted octanol–water partition coefficient (Wildman–Crippen LogP) is 2.40. The molecule has 1 saturated heterocycles. The third-order valence-electron chi connectivity index (χ3n) is 4.20. The van der Waals surface area contributed by atoms with Crippen LogP contribution in [0.1, 0.15) is 28.9 Å². The van der Waals surface area contributed by atoms with Gasteiger partial charge in [-0.2, -0.15) is 5.10 Å². The van der Waals surface area contributed by atoms with Gasteiger partial charge in [0.05, 0.1) is 23.1 Å². The van der Waals surface area contributed by atoms with Gasteiger partial charge in [-0.05, 0) is 38.0 Å². The molecular formula is C16H19ClN4O. The van der Waals surface area contributed by atoms with E-state index in [1.807, 2.05) is 36.1 Å². The molecule has 3 rings (SSSR count). The molecule has 0 radical (unpaired) electrons. The summed E-state index contributed by atoms with van der Waals surface area (Å²) in [7, 11) is 0. The zero-order chi connectivity index (χ0) is 15.7. The van der Waals surface area contributed by atoms with Gasteiger partial charge in [-0.25, -0.2) is 4.68 Å². The van der Waals surface area contributed by atoms with Crippen LogP contribution >= 0.6 is 11.6 Å². The molecule has 2 aromatic rings. The number of likely N-dealkylation sites (tertiary alicyclic amines) is 1. The lowest BCUT2D eigenvalue weighted by molar-refractivity contribution is 0.0740. The first-order valence-electron chi connectivity index (χ1n) is 7.43. The van der Waals surface area contributed by atoms with Crippen LogP contribution in [-0.4, -0.2) is 39.7 Å². The van der Waals surface area contributed by atoms with Gasteiger partial charge < -0.3 is 10.6 Å². The molecule has 2 heterocycles. The number of carbonyl (C=O) groups is 1. The summed E-state index contributed by atoms with van der Waals surface area (Å²) in [5.74, 6) is 0.0127. The van der Waals surface area contributed by atoms with Crippen LogP contribution in [0.2, 0.25) is 5.02 Å². The Balaban J connectivity index is 1.92. The van der Waals surface area contributed by atoms with Crippen LogP contribution in [-0.2, 0) is 0 Å². The van der Waals surface area contributed by atoms with E-state index in [1.54, 1.807) is 10.9 Å². The first kappa shape index (κ1) is 15.1. The first-order valence-corrected chi connectivity index (χ1v) is 7.81. The fourth-order valence-corrected chi connectivity index (χ4v) is 3.18. The number of carbonyl (C=O) groups excluding carboxylic acids is 1. The van der Waals surface area contributed by atoms with Crippen LogP contribution in [0, 0.1) is 6.92 Å². The van der Waals surface area contributed by atoms with Crippen LogP contribution in [0.15, 0.2) is 30.5 Å². The summed E-state index contributed by atoms with van der Waals surface area (Å²) >= 11 is 6.03. The third kappa shape index (κ3) is 2.62. The lowest BCUT2D eigenvalue weighted by Crippen LogP contribution is -2.40. The zero-order valence-corrected chi connectivity index (χ0v) is 13.3. The molecule has 116 valence electrons. The van der Waals surface area contributed by atoms with Crippen molar-refractivity contribution in [2.75, 3.05) is 13.1 Å². The smallest absolute Gasteiger partial charge is 0.257 e. The summed E-state index contributed by atoms with van der Waals surface area (Å²) in [6.45, 7) is 3.17. The maximum atomic E-state index is 12.7. The maximum absolute atomic E-state index is 12.7. The van der Waals surface area contributed by atoms with Crippen molar-refractivity contribution in [3.05, 3.63) is 46.7 Å². The number of rotatable bonds is 3. The molecule has 1 aromatic heterocycles. The second kappa shape index (κ2) is 6.10. The van der Waals surface area contributed by atoms with E-state index in [4.69, 9.17) is 17.3 Å². The normalized spacial score (nSPS) is 18.0. The summed E-state index contributed by atoms with van der Waals surface area (Å²) in [5.41, 5.74) is 8.05. The van der Waals surface area contributed by atoms with Gasteiger partial charge in [0.1, 0.15) is 0 Å². The van der Waals surface area contributed by atoms with Crippen LogP contribution < -0.4 is 5.73 Å². The fourth-order valence-electron chi connectivity index (χ4n) is 2.99. The van der Waals surface area contributed by atoms with E-state index in [1.165, 1.54) is 0 Å². The number of hydrogen-bond acceptors (Lipinski definition) is 3. The Kier molecular flexibility index (Phi) is 4.18. The quantitative estimate of drug-likeness (QED) is 0.945. The summed E-state index contributed by atoms with van der Waals surface area (Å²) in [4.78, 5) is 14.6. The van der Waals surface area contributed by atoms with Gasteiger partial charge in [-0.15, -0.1) is 0 Å². The number of benzene rings is 1. The highest BCUT2D eigenvalue weighted by atomic mass is 35.5. The Morgan fingerprint density at radius 2 is 2.32 bits per heavy atom. The molecule has 5 nitrogen and oxygen atoms in total. The van der Waals surface area contributed by atoms with Crippen molar-refractivity contribution in [3.8, 4) is 5.69 Å². The van der Waals surface area contributed by atoms with E-state index in [0.29, 0.717) is 17.1 Å². The van der Waals surface area contributed by atoms with Crippen LogP contribution in [0.4, 0.5) is 0 Å². The van der Waals surface area contributed by atoms with E-state index < -0.39 is 0 Å². The Morgan fingerprint density at radius 1 is 1.50 bits per heavy atom. The van der Waals surface area contributed by atoms with Crippen molar-refractivity contribution in [2.45, 2.75) is 25.8 Å². The molecular weight excluding hydrogens is 300 g/mol. The Labute approximate surface area is 134 Å². The minimum atomic E-state index is 0.0127. The van der Waals surface area contributed by atoms with E-state index in [2.05, 4.69) is 5.10 Å². The Morgan fingerprint density at radius 3 is 3.05 bits per heavy atom. The number of halogens is 1. The molecule has 1 aliphatic rings. The van der Waals surface area contributed by atoms with Crippen molar-refractivity contribution < 1.29 is 4.79 Å². The minimum Gasteiger partial charge on any atom is -0.334 e. The van der Waals surface area contributed by atoms with Gasteiger partial charge in [-0.3, -0.25) is 4.79 Å². The summed E-state index contributed by atoms with van der Waals surface area (Å²) in [5, 5.41) is 4.99.